The number of carbonyl (C=O) groups excluding carboxylic acids is 1. The molecule has 20 heavy (non-hydrogen) atoms. The summed E-state index contributed by atoms with van der Waals surface area (Å²) in [5.41, 5.74) is 0. The number of aliphatic carboxylic acids is 1. The van der Waals surface area contributed by atoms with Crippen LogP contribution in [0.1, 0.15) is 26.2 Å². The third-order valence-corrected chi connectivity index (χ3v) is 4.01. The lowest BCUT2D eigenvalue weighted by Gasteiger charge is -2.32. The number of piperidine rings is 1. The molecule has 0 aromatic carbocycles. The molecule has 3 unspecified atom stereocenters. The number of amides is 2. The molecule has 1 saturated heterocycles. The monoisotopic (exact) mass is 281 g/mol. The maximum atomic E-state index is 11.9. The van der Waals surface area contributed by atoms with E-state index in [1.165, 1.54) is 0 Å². The van der Waals surface area contributed by atoms with Crippen LogP contribution in [0.4, 0.5) is 4.79 Å². The number of urea groups is 1. The van der Waals surface area contributed by atoms with E-state index in [0.717, 1.165) is 32.5 Å². The zero-order valence-electron chi connectivity index (χ0n) is 11.8. The van der Waals surface area contributed by atoms with Gasteiger partial charge in [0.2, 0.25) is 0 Å². The molecule has 0 saturated carbocycles. The molecule has 0 aromatic rings. The molecule has 2 aliphatic rings. The number of carboxylic acid groups (broad SMARTS) is 1. The van der Waals surface area contributed by atoms with Gasteiger partial charge in [-0.15, -0.1) is 0 Å². The topological polar surface area (TPSA) is 81.7 Å². The van der Waals surface area contributed by atoms with Crippen molar-refractivity contribution in [3.8, 4) is 0 Å². The summed E-state index contributed by atoms with van der Waals surface area (Å²) >= 11 is 0. The number of likely N-dealkylation sites (N-methyl/N-ethyl adjacent to an activating group) is 1. The molecule has 0 radical (unpaired) electrons. The van der Waals surface area contributed by atoms with Gasteiger partial charge in [-0.2, -0.15) is 0 Å². The highest BCUT2D eigenvalue weighted by Crippen LogP contribution is 2.18. The summed E-state index contributed by atoms with van der Waals surface area (Å²) in [6.45, 7) is 5.12. The lowest BCUT2D eigenvalue weighted by molar-refractivity contribution is -0.140. The fourth-order valence-electron chi connectivity index (χ4n) is 2.85. The number of hydrogen-bond donors (Lipinski definition) is 3. The van der Waals surface area contributed by atoms with E-state index in [4.69, 9.17) is 5.11 Å². The third-order valence-electron chi connectivity index (χ3n) is 4.01. The molecule has 3 N–H and O–H groups in total. The van der Waals surface area contributed by atoms with Crippen LogP contribution in [0.15, 0.2) is 12.2 Å². The average molecular weight is 281 g/mol. The zero-order chi connectivity index (χ0) is 14.5. The van der Waals surface area contributed by atoms with E-state index < -0.39 is 11.9 Å². The van der Waals surface area contributed by atoms with Crippen LogP contribution >= 0.6 is 0 Å². The molecule has 0 bridgehead atoms. The molecule has 1 fully saturated rings. The highest BCUT2D eigenvalue weighted by Gasteiger charge is 2.26. The second kappa shape index (κ2) is 6.74. The van der Waals surface area contributed by atoms with Gasteiger partial charge < -0.3 is 20.6 Å². The molecule has 112 valence electrons. The predicted molar refractivity (Wildman–Crippen MR) is 75.5 cm³/mol. The number of rotatable bonds is 4. The molecule has 1 aliphatic carbocycles. The molecule has 6 heteroatoms. The van der Waals surface area contributed by atoms with Gasteiger partial charge in [0.15, 0.2) is 0 Å². The Bertz CT molecular complexity index is 397. The van der Waals surface area contributed by atoms with E-state index in [1.54, 1.807) is 12.2 Å². The van der Waals surface area contributed by atoms with E-state index in [-0.39, 0.29) is 18.1 Å². The van der Waals surface area contributed by atoms with Crippen LogP contribution in [0.3, 0.4) is 0 Å². The van der Waals surface area contributed by atoms with E-state index in [2.05, 4.69) is 22.5 Å². The van der Waals surface area contributed by atoms with Gasteiger partial charge in [0.05, 0.1) is 12.0 Å². The molecule has 3 atom stereocenters. The van der Waals surface area contributed by atoms with Gasteiger partial charge in [0, 0.05) is 12.6 Å². The Hall–Kier alpha value is -1.56. The van der Waals surface area contributed by atoms with Crippen molar-refractivity contribution in [2.24, 2.45) is 5.92 Å². The number of hydrogen-bond acceptors (Lipinski definition) is 3. The molecule has 0 spiro atoms. The fourth-order valence-corrected chi connectivity index (χ4v) is 2.85. The number of carboxylic acids is 1. The number of carbonyl (C=O) groups is 2. The normalized spacial score (nSPS) is 30.1. The van der Waals surface area contributed by atoms with E-state index in [0.29, 0.717) is 6.42 Å². The van der Waals surface area contributed by atoms with E-state index in [9.17, 15) is 9.59 Å². The summed E-state index contributed by atoms with van der Waals surface area (Å²) < 4.78 is 0. The van der Waals surface area contributed by atoms with Gasteiger partial charge in [-0.1, -0.05) is 19.1 Å². The van der Waals surface area contributed by atoms with Crippen LogP contribution in [0, 0.1) is 5.92 Å². The van der Waals surface area contributed by atoms with E-state index in [1.807, 2.05) is 0 Å². The second-order valence-corrected chi connectivity index (χ2v) is 5.52. The molecule has 1 aliphatic heterocycles. The molecule has 2 amide bonds. The van der Waals surface area contributed by atoms with Crippen LogP contribution in [-0.4, -0.2) is 53.7 Å². The first kappa shape index (κ1) is 14.8. The Balaban J connectivity index is 1.73. The Morgan fingerprint density at radius 1 is 1.35 bits per heavy atom. The van der Waals surface area contributed by atoms with Gasteiger partial charge in [-0.25, -0.2) is 4.79 Å². The van der Waals surface area contributed by atoms with Crippen molar-refractivity contribution >= 4 is 12.0 Å². The van der Waals surface area contributed by atoms with Crippen molar-refractivity contribution in [3.05, 3.63) is 12.2 Å². The Morgan fingerprint density at radius 2 is 2.15 bits per heavy atom. The van der Waals surface area contributed by atoms with Crippen molar-refractivity contribution in [2.75, 3.05) is 19.6 Å². The van der Waals surface area contributed by atoms with Gasteiger partial charge in [0.1, 0.15) is 0 Å². The predicted octanol–water partition coefficient (Wildman–Crippen LogP) is 0.799. The van der Waals surface area contributed by atoms with Gasteiger partial charge in [-0.3, -0.25) is 4.79 Å². The minimum absolute atomic E-state index is 0.179. The Kier molecular flexibility index (Phi) is 5.00. The molecular weight excluding hydrogens is 258 g/mol. The highest BCUT2D eigenvalue weighted by molar-refractivity contribution is 5.76. The van der Waals surface area contributed by atoms with Crippen LogP contribution < -0.4 is 10.6 Å². The van der Waals surface area contributed by atoms with Crippen molar-refractivity contribution in [1.29, 1.82) is 0 Å². The number of nitrogens with one attached hydrogen (secondary N) is 2. The van der Waals surface area contributed by atoms with Gasteiger partial charge >= 0.3 is 12.0 Å². The highest BCUT2D eigenvalue weighted by atomic mass is 16.4. The quantitative estimate of drug-likeness (QED) is 0.666. The standard InChI is InChI=1S/C14H23N3O3/c1-2-17-7-3-4-12(9-17)16-14(20)15-11-6-5-10(8-11)13(18)19/h5-6,10-12H,2-4,7-9H2,1H3,(H,18,19)(H2,15,16,20). The smallest absolute Gasteiger partial charge is 0.315 e. The minimum Gasteiger partial charge on any atom is -0.481 e. The number of nitrogens with zero attached hydrogens (tertiary/aromatic N) is 1. The molecule has 6 nitrogen and oxygen atoms in total. The molecule has 0 aromatic heterocycles. The maximum absolute atomic E-state index is 11.9. The lowest BCUT2D eigenvalue weighted by atomic mass is 10.1. The first-order valence-electron chi connectivity index (χ1n) is 7.29. The fraction of sp³-hybridized carbons (Fsp3) is 0.714. The summed E-state index contributed by atoms with van der Waals surface area (Å²) in [5.74, 6) is -1.32. The van der Waals surface area contributed by atoms with Crippen LogP contribution in [0.5, 0.6) is 0 Å². The number of likely N-dealkylation sites (tertiary alicyclic amines) is 1. The third kappa shape index (κ3) is 3.96. The van der Waals surface area contributed by atoms with Gasteiger partial charge in [-0.05, 0) is 32.4 Å². The maximum Gasteiger partial charge on any atom is 0.315 e. The van der Waals surface area contributed by atoms with E-state index >= 15 is 0 Å². The minimum atomic E-state index is -0.836. The summed E-state index contributed by atoms with van der Waals surface area (Å²) in [6.07, 6.45) is 5.95. The molecular formula is C14H23N3O3. The second-order valence-electron chi connectivity index (χ2n) is 5.52. The molecule has 2 rings (SSSR count). The molecule has 1 heterocycles. The van der Waals surface area contributed by atoms with Gasteiger partial charge in [0.25, 0.3) is 0 Å². The lowest BCUT2D eigenvalue weighted by Crippen LogP contribution is -2.51. The van der Waals surface area contributed by atoms with Crippen LogP contribution in [0.2, 0.25) is 0 Å². The Labute approximate surface area is 119 Å². The first-order chi connectivity index (χ1) is 9.58. The summed E-state index contributed by atoms with van der Waals surface area (Å²) in [6, 6.07) is -0.194. The Morgan fingerprint density at radius 3 is 2.80 bits per heavy atom. The SMILES string of the molecule is CCN1CCCC(NC(=O)NC2C=CC(C(=O)O)C2)C1. The first-order valence-corrected chi connectivity index (χ1v) is 7.29. The van der Waals surface area contributed by atoms with Crippen LogP contribution in [0.25, 0.3) is 0 Å². The summed E-state index contributed by atoms with van der Waals surface area (Å²) in [4.78, 5) is 25.1. The zero-order valence-corrected chi connectivity index (χ0v) is 11.8. The summed E-state index contributed by atoms with van der Waals surface area (Å²) in [5, 5.41) is 14.7. The van der Waals surface area contributed by atoms with Crippen molar-refractivity contribution in [1.82, 2.24) is 15.5 Å². The average Bonchev–Trinajstić information content (AvgIpc) is 2.87. The van der Waals surface area contributed by atoms with Crippen molar-refractivity contribution in [2.45, 2.75) is 38.3 Å². The van der Waals surface area contributed by atoms with Crippen LogP contribution in [-0.2, 0) is 4.79 Å². The van der Waals surface area contributed by atoms with Crippen molar-refractivity contribution < 1.29 is 14.7 Å². The largest absolute Gasteiger partial charge is 0.481 e. The summed E-state index contributed by atoms with van der Waals surface area (Å²) in [7, 11) is 0. The van der Waals surface area contributed by atoms with Crippen molar-refractivity contribution in [3.63, 3.8) is 0 Å².